The molecule has 3 rings (SSSR count). The third-order valence-electron chi connectivity index (χ3n) is 4.40. The molecule has 0 spiro atoms. The predicted molar refractivity (Wildman–Crippen MR) is 104 cm³/mol. The van der Waals surface area contributed by atoms with E-state index in [1.807, 2.05) is 24.3 Å². The molecule has 3 aromatic rings. The summed E-state index contributed by atoms with van der Waals surface area (Å²) in [4.78, 5) is 11.7. The second-order valence-electron chi connectivity index (χ2n) is 6.33. The number of nitrogens with one attached hydrogen (secondary N) is 1. The van der Waals surface area contributed by atoms with E-state index >= 15 is 0 Å². The zero-order valence-electron chi connectivity index (χ0n) is 15.1. The lowest BCUT2D eigenvalue weighted by Gasteiger charge is -2.20. The van der Waals surface area contributed by atoms with Crippen LogP contribution in [0.2, 0.25) is 0 Å². The van der Waals surface area contributed by atoms with Crippen molar-refractivity contribution in [3.8, 4) is 0 Å². The molecule has 0 heterocycles. The normalized spacial score (nSPS) is 11.8. The summed E-state index contributed by atoms with van der Waals surface area (Å²) in [6, 6.07) is 26.6. The van der Waals surface area contributed by atoms with Gasteiger partial charge in [0.25, 0.3) is 0 Å². The minimum atomic E-state index is -0.315. The van der Waals surface area contributed by atoms with Gasteiger partial charge in [0, 0.05) is 6.54 Å². The van der Waals surface area contributed by atoms with Crippen molar-refractivity contribution in [3.05, 3.63) is 107 Å². The first-order chi connectivity index (χ1) is 12.7. The van der Waals surface area contributed by atoms with E-state index in [1.165, 1.54) is 23.8 Å². The van der Waals surface area contributed by atoms with E-state index in [-0.39, 0.29) is 12.0 Å². The van der Waals surface area contributed by atoms with E-state index in [0.29, 0.717) is 12.1 Å². The SMILES string of the molecule is COC(=O)c1cccc(CNC(c2ccccc2)c2ccc(C)cc2)c1. The molecule has 3 heteroatoms. The van der Waals surface area contributed by atoms with Crippen LogP contribution in [0.1, 0.15) is 38.7 Å². The molecule has 0 bridgehead atoms. The van der Waals surface area contributed by atoms with Crippen LogP contribution in [0.15, 0.2) is 78.9 Å². The Morgan fingerprint density at radius 1 is 0.923 bits per heavy atom. The van der Waals surface area contributed by atoms with Gasteiger partial charge in [0.1, 0.15) is 0 Å². The number of carbonyl (C=O) groups excluding carboxylic acids is 1. The number of aryl methyl sites for hydroxylation is 1. The van der Waals surface area contributed by atoms with E-state index < -0.39 is 0 Å². The number of ether oxygens (including phenoxy) is 1. The smallest absolute Gasteiger partial charge is 0.337 e. The topological polar surface area (TPSA) is 38.3 Å². The fourth-order valence-electron chi connectivity index (χ4n) is 2.98. The van der Waals surface area contributed by atoms with E-state index in [1.54, 1.807) is 6.07 Å². The molecule has 3 nitrogen and oxygen atoms in total. The molecule has 132 valence electrons. The first-order valence-electron chi connectivity index (χ1n) is 8.69. The molecule has 0 aromatic heterocycles. The number of hydrogen-bond acceptors (Lipinski definition) is 3. The Morgan fingerprint density at radius 2 is 1.62 bits per heavy atom. The van der Waals surface area contributed by atoms with Crippen molar-refractivity contribution in [1.29, 1.82) is 0 Å². The fourth-order valence-corrected chi connectivity index (χ4v) is 2.98. The molecule has 1 atom stereocenters. The second kappa shape index (κ2) is 8.45. The van der Waals surface area contributed by atoms with Crippen LogP contribution in [0.4, 0.5) is 0 Å². The summed E-state index contributed by atoms with van der Waals surface area (Å²) in [6.07, 6.45) is 0. The van der Waals surface area contributed by atoms with E-state index in [4.69, 9.17) is 4.74 Å². The Bertz CT molecular complexity index is 857. The number of benzene rings is 3. The monoisotopic (exact) mass is 345 g/mol. The third kappa shape index (κ3) is 4.38. The highest BCUT2D eigenvalue weighted by atomic mass is 16.5. The van der Waals surface area contributed by atoms with E-state index in [2.05, 4.69) is 60.8 Å². The molecule has 0 amide bonds. The van der Waals surface area contributed by atoms with Crippen molar-refractivity contribution in [2.75, 3.05) is 7.11 Å². The highest BCUT2D eigenvalue weighted by molar-refractivity contribution is 5.89. The largest absolute Gasteiger partial charge is 0.465 e. The number of esters is 1. The molecule has 1 N–H and O–H groups in total. The number of rotatable bonds is 6. The summed E-state index contributed by atoms with van der Waals surface area (Å²) >= 11 is 0. The van der Waals surface area contributed by atoms with Crippen molar-refractivity contribution in [2.24, 2.45) is 0 Å². The summed E-state index contributed by atoms with van der Waals surface area (Å²) in [7, 11) is 1.40. The Labute approximate surface area is 154 Å². The number of hydrogen-bond donors (Lipinski definition) is 1. The van der Waals surface area contributed by atoms with Gasteiger partial charge in [-0.25, -0.2) is 4.79 Å². The van der Waals surface area contributed by atoms with Gasteiger partial charge in [-0.1, -0.05) is 72.3 Å². The van der Waals surface area contributed by atoms with Crippen LogP contribution in [0.3, 0.4) is 0 Å². The van der Waals surface area contributed by atoms with Crippen LogP contribution in [0.5, 0.6) is 0 Å². The van der Waals surface area contributed by atoms with Gasteiger partial charge in [-0.3, -0.25) is 0 Å². The maximum absolute atomic E-state index is 11.7. The zero-order chi connectivity index (χ0) is 18.4. The molecule has 0 aliphatic rings. The molecule has 0 saturated carbocycles. The van der Waals surface area contributed by atoms with Gasteiger partial charge in [0.15, 0.2) is 0 Å². The van der Waals surface area contributed by atoms with Crippen molar-refractivity contribution in [3.63, 3.8) is 0 Å². The van der Waals surface area contributed by atoms with Crippen LogP contribution < -0.4 is 5.32 Å². The van der Waals surface area contributed by atoms with Crippen LogP contribution in [0, 0.1) is 6.92 Å². The van der Waals surface area contributed by atoms with E-state index in [9.17, 15) is 4.79 Å². The minimum absolute atomic E-state index is 0.0820. The highest BCUT2D eigenvalue weighted by Gasteiger charge is 2.14. The van der Waals surface area contributed by atoms with Crippen LogP contribution >= 0.6 is 0 Å². The summed E-state index contributed by atoms with van der Waals surface area (Å²) in [5.41, 5.74) is 5.28. The van der Waals surface area contributed by atoms with Crippen molar-refractivity contribution >= 4 is 5.97 Å². The first kappa shape index (κ1) is 17.9. The average Bonchev–Trinajstić information content (AvgIpc) is 2.70. The zero-order valence-corrected chi connectivity index (χ0v) is 15.1. The lowest BCUT2D eigenvalue weighted by molar-refractivity contribution is 0.0600. The van der Waals surface area contributed by atoms with Crippen LogP contribution in [-0.4, -0.2) is 13.1 Å². The maximum atomic E-state index is 11.7. The van der Waals surface area contributed by atoms with Crippen LogP contribution in [0.25, 0.3) is 0 Å². The Balaban J connectivity index is 1.83. The van der Waals surface area contributed by atoms with Crippen LogP contribution in [-0.2, 0) is 11.3 Å². The molecule has 0 aliphatic heterocycles. The minimum Gasteiger partial charge on any atom is -0.465 e. The molecule has 0 saturated heterocycles. The quantitative estimate of drug-likeness (QED) is 0.660. The molecule has 1 unspecified atom stereocenters. The number of carbonyl (C=O) groups is 1. The molecular weight excluding hydrogens is 322 g/mol. The lowest BCUT2D eigenvalue weighted by atomic mass is 9.97. The summed E-state index contributed by atoms with van der Waals surface area (Å²) in [5.74, 6) is -0.315. The first-order valence-corrected chi connectivity index (χ1v) is 8.69. The Morgan fingerprint density at radius 3 is 2.31 bits per heavy atom. The van der Waals surface area contributed by atoms with Gasteiger partial charge in [-0.2, -0.15) is 0 Å². The van der Waals surface area contributed by atoms with Gasteiger partial charge >= 0.3 is 5.97 Å². The molecule has 0 radical (unpaired) electrons. The van der Waals surface area contributed by atoms with E-state index in [0.717, 1.165) is 5.56 Å². The standard InChI is InChI=1S/C23H23NO2/c1-17-11-13-20(14-12-17)22(19-8-4-3-5-9-19)24-16-18-7-6-10-21(15-18)23(25)26-2/h3-15,22,24H,16H2,1-2H3. The number of methoxy groups -OCH3 is 1. The molecule has 0 aliphatic carbocycles. The summed E-state index contributed by atoms with van der Waals surface area (Å²) in [5, 5.41) is 3.62. The molecular formula is C23H23NO2. The lowest BCUT2D eigenvalue weighted by Crippen LogP contribution is -2.22. The average molecular weight is 345 g/mol. The third-order valence-corrected chi connectivity index (χ3v) is 4.40. The Hall–Kier alpha value is -2.91. The summed E-state index contributed by atoms with van der Waals surface area (Å²) in [6.45, 7) is 2.74. The van der Waals surface area contributed by atoms with Gasteiger partial charge in [0.05, 0.1) is 18.7 Å². The fraction of sp³-hybridized carbons (Fsp3) is 0.174. The van der Waals surface area contributed by atoms with Crippen molar-refractivity contribution in [2.45, 2.75) is 19.5 Å². The van der Waals surface area contributed by atoms with Crippen molar-refractivity contribution < 1.29 is 9.53 Å². The maximum Gasteiger partial charge on any atom is 0.337 e. The van der Waals surface area contributed by atoms with Crippen molar-refractivity contribution in [1.82, 2.24) is 5.32 Å². The Kier molecular flexibility index (Phi) is 5.82. The predicted octanol–water partition coefficient (Wildman–Crippen LogP) is 4.66. The van der Waals surface area contributed by atoms with Gasteiger partial charge in [-0.15, -0.1) is 0 Å². The van der Waals surface area contributed by atoms with Gasteiger partial charge in [0.2, 0.25) is 0 Å². The second-order valence-corrected chi connectivity index (χ2v) is 6.33. The van der Waals surface area contributed by atoms with Gasteiger partial charge in [-0.05, 0) is 35.7 Å². The molecule has 26 heavy (non-hydrogen) atoms. The molecule has 3 aromatic carbocycles. The molecule has 0 fully saturated rings. The van der Waals surface area contributed by atoms with Gasteiger partial charge < -0.3 is 10.1 Å². The summed E-state index contributed by atoms with van der Waals surface area (Å²) < 4.78 is 4.81. The highest BCUT2D eigenvalue weighted by Crippen LogP contribution is 2.23.